The summed E-state index contributed by atoms with van der Waals surface area (Å²) in [4.78, 5) is 16.4. The summed E-state index contributed by atoms with van der Waals surface area (Å²) in [6.07, 6.45) is 2.04. The number of aryl methyl sites for hydroxylation is 1. The van der Waals surface area contributed by atoms with Gasteiger partial charge < -0.3 is 5.11 Å². The summed E-state index contributed by atoms with van der Waals surface area (Å²) < 4.78 is 2.44. The molecule has 96 valence electrons. The third-order valence-corrected chi connectivity index (χ3v) is 3.25. The molecule has 1 aromatic carbocycles. The quantitative estimate of drug-likeness (QED) is 0.946. The summed E-state index contributed by atoms with van der Waals surface area (Å²) in [6, 6.07) is 5.40. The Hall–Kier alpha value is -1.20. The second kappa shape index (κ2) is 4.82. The third kappa shape index (κ3) is 2.97. The molecule has 4 nitrogen and oxygen atoms in total. The molecule has 18 heavy (non-hydrogen) atoms. The van der Waals surface area contributed by atoms with Gasteiger partial charge in [-0.1, -0.05) is 15.9 Å². The summed E-state index contributed by atoms with van der Waals surface area (Å²) in [6.45, 7) is 3.91. The van der Waals surface area contributed by atoms with Crippen LogP contribution in [0, 0.1) is 0 Å². The largest absolute Gasteiger partial charge is 0.390 e. The van der Waals surface area contributed by atoms with Crippen LogP contribution in [0.1, 0.15) is 20.3 Å². The van der Waals surface area contributed by atoms with Crippen LogP contribution >= 0.6 is 15.9 Å². The number of hydrogen-bond acceptors (Lipinski definition) is 3. The molecule has 0 unspecified atom stereocenters. The second-order valence-corrected chi connectivity index (χ2v) is 5.88. The molecule has 1 heterocycles. The Bertz CT molecular complexity index is 629. The van der Waals surface area contributed by atoms with Crippen LogP contribution in [0.25, 0.3) is 10.9 Å². The minimum absolute atomic E-state index is 0.0725. The van der Waals surface area contributed by atoms with Crippen molar-refractivity contribution in [1.29, 1.82) is 0 Å². The Morgan fingerprint density at radius 1 is 1.44 bits per heavy atom. The summed E-state index contributed by atoms with van der Waals surface area (Å²) >= 11 is 3.35. The molecule has 1 N–H and O–H groups in total. The van der Waals surface area contributed by atoms with E-state index in [2.05, 4.69) is 20.9 Å². The Balaban J connectivity index is 2.40. The SMILES string of the molecule is CC(C)(O)CCn1cnc2cc(Br)ccc2c1=O. The molecule has 5 heteroatoms. The first kappa shape index (κ1) is 13.2. The number of nitrogens with zero attached hydrogens (tertiary/aromatic N) is 2. The van der Waals surface area contributed by atoms with Gasteiger partial charge in [0.05, 0.1) is 22.8 Å². The minimum Gasteiger partial charge on any atom is -0.390 e. The van der Waals surface area contributed by atoms with E-state index in [1.165, 1.54) is 10.9 Å². The summed E-state index contributed by atoms with van der Waals surface area (Å²) in [7, 11) is 0. The summed E-state index contributed by atoms with van der Waals surface area (Å²) in [5, 5.41) is 10.3. The highest BCUT2D eigenvalue weighted by molar-refractivity contribution is 9.10. The van der Waals surface area contributed by atoms with Gasteiger partial charge in [0.25, 0.3) is 5.56 Å². The van der Waals surface area contributed by atoms with E-state index in [0.717, 1.165) is 4.47 Å². The lowest BCUT2D eigenvalue weighted by Crippen LogP contribution is -2.26. The number of benzene rings is 1. The fraction of sp³-hybridized carbons (Fsp3) is 0.385. The molecule has 0 bridgehead atoms. The van der Waals surface area contributed by atoms with E-state index in [9.17, 15) is 9.90 Å². The fourth-order valence-electron chi connectivity index (χ4n) is 1.68. The normalized spacial score (nSPS) is 12.0. The average molecular weight is 311 g/mol. The number of aliphatic hydroxyl groups is 1. The third-order valence-electron chi connectivity index (χ3n) is 2.75. The number of fused-ring (bicyclic) bond motifs is 1. The van der Waals surface area contributed by atoms with E-state index in [1.54, 1.807) is 19.9 Å². The van der Waals surface area contributed by atoms with Crippen LogP contribution in [0.15, 0.2) is 33.8 Å². The molecule has 0 aliphatic heterocycles. The first-order valence-corrected chi connectivity index (χ1v) is 6.53. The summed E-state index contributed by atoms with van der Waals surface area (Å²) in [5.41, 5.74) is -0.181. The molecule has 0 fully saturated rings. The van der Waals surface area contributed by atoms with E-state index in [1.807, 2.05) is 12.1 Å². The van der Waals surface area contributed by atoms with Gasteiger partial charge in [-0.05, 0) is 38.5 Å². The van der Waals surface area contributed by atoms with Gasteiger partial charge in [0.15, 0.2) is 0 Å². The van der Waals surface area contributed by atoms with Crippen molar-refractivity contribution in [1.82, 2.24) is 9.55 Å². The predicted molar refractivity (Wildman–Crippen MR) is 74.6 cm³/mol. The Kier molecular flexibility index (Phi) is 3.54. The van der Waals surface area contributed by atoms with Crippen molar-refractivity contribution in [3.8, 4) is 0 Å². The van der Waals surface area contributed by atoms with Gasteiger partial charge in [-0.15, -0.1) is 0 Å². The van der Waals surface area contributed by atoms with Gasteiger partial charge in [-0.25, -0.2) is 4.98 Å². The lowest BCUT2D eigenvalue weighted by Gasteiger charge is -2.17. The molecular formula is C13H15BrN2O2. The van der Waals surface area contributed by atoms with Crippen molar-refractivity contribution in [2.75, 3.05) is 0 Å². The van der Waals surface area contributed by atoms with Crippen LogP contribution in [0.3, 0.4) is 0 Å². The van der Waals surface area contributed by atoms with Crippen molar-refractivity contribution >= 4 is 26.8 Å². The lowest BCUT2D eigenvalue weighted by atomic mass is 10.1. The molecule has 0 saturated heterocycles. The van der Waals surface area contributed by atoms with Crippen LogP contribution in [-0.2, 0) is 6.54 Å². The van der Waals surface area contributed by atoms with Crippen LogP contribution in [0.2, 0.25) is 0 Å². The van der Waals surface area contributed by atoms with Gasteiger partial charge in [0.1, 0.15) is 0 Å². The first-order chi connectivity index (χ1) is 8.37. The highest BCUT2D eigenvalue weighted by atomic mass is 79.9. The van der Waals surface area contributed by atoms with Crippen molar-refractivity contribution in [2.45, 2.75) is 32.4 Å². The first-order valence-electron chi connectivity index (χ1n) is 5.74. The molecule has 1 aromatic heterocycles. The predicted octanol–water partition coefficient (Wildman–Crippen LogP) is 2.32. The van der Waals surface area contributed by atoms with Crippen molar-refractivity contribution < 1.29 is 5.11 Å². The monoisotopic (exact) mass is 310 g/mol. The lowest BCUT2D eigenvalue weighted by molar-refractivity contribution is 0.0659. The highest BCUT2D eigenvalue weighted by Crippen LogP contribution is 2.15. The van der Waals surface area contributed by atoms with E-state index < -0.39 is 5.60 Å². The van der Waals surface area contributed by atoms with Gasteiger partial charge in [0.2, 0.25) is 0 Å². The zero-order valence-electron chi connectivity index (χ0n) is 10.4. The maximum absolute atomic E-state index is 12.2. The molecule has 0 aliphatic rings. The minimum atomic E-state index is -0.784. The van der Waals surface area contributed by atoms with E-state index in [-0.39, 0.29) is 5.56 Å². The van der Waals surface area contributed by atoms with Gasteiger partial charge in [-0.2, -0.15) is 0 Å². The average Bonchev–Trinajstić information content (AvgIpc) is 2.26. The van der Waals surface area contributed by atoms with Crippen LogP contribution in [-0.4, -0.2) is 20.3 Å². The van der Waals surface area contributed by atoms with Crippen molar-refractivity contribution in [3.63, 3.8) is 0 Å². The number of hydrogen-bond donors (Lipinski definition) is 1. The maximum atomic E-state index is 12.2. The molecule has 2 aromatic rings. The zero-order chi connectivity index (χ0) is 13.3. The Labute approximate surface area is 113 Å². The number of aromatic nitrogens is 2. The van der Waals surface area contributed by atoms with Crippen LogP contribution < -0.4 is 5.56 Å². The van der Waals surface area contributed by atoms with Crippen LogP contribution in [0.5, 0.6) is 0 Å². The number of halogens is 1. The number of rotatable bonds is 3. The van der Waals surface area contributed by atoms with Gasteiger partial charge in [-0.3, -0.25) is 9.36 Å². The molecule has 0 aliphatic carbocycles. The van der Waals surface area contributed by atoms with E-state index in [0.29, 0.717) is 23.9 Å². The molecule has 0 saturated carbocycles. The van der Waals surface area contributed by atoms with Crippen molar-refractivity contribution in [3.05, 3.63) is 39.4 Å². The zero-order valence-corrected chi connectivity index (χ0v) is 11.9. The standard InChI is InChI=1S/C13H15BrN2O2/c1-13(2,18)5-6-16-8-15-11-7-9(14)3-4-10(11)12(16)17/h3-4,7-8,18H,5-6H2,1-2H3. The van der Waals surface area contributed by atoms with Gasteiger partial charge >= 0.3 is 0 Å². The highest BCUT2D eigenvalue weighted by Gasteiger charge is 2.13. The molecule has 0 amide bonds. The Morgan fingerprint density at radius 3 is 2.83 bits per heavy atom. The van der Waals surface area contributed by atoms with Crippen LogP contribution in [0.4, 0.5) is 0 Å². The molecule has 2 rings (SSSR count). The van der Waals surface area contributed by atoms with E-state index in [4.69, 9.17) is 0 Å². The maximum Gasteiger partial charge on any atom is 0.261 e. The Morgan fingerprint density at radius 2 is 2.17 bits per heavy atom. The molecule has 0 radical (unpaired) electrons. The summed E-state index contributed by atoms with van der Waals surface area (Å²) in [5.74, 6) is 0. The van der Waals surface area contributed by atoms with Crippen molar-refractivity contribution in [2.24, 2.45) is 0 Å². The smallest absolute Gasteiger partial charge is 0.261 e. The molecule has 0 spiro atoms. The van der Waals surface area contributed by atoms with Gasteiger partial charge in [0, 0.05) is 11.0 Å². The van der Waals surface area contributed by atoms with E-state index >= 15 is 0 Å². The molecular weight excluding hydrogens is 296 g/mol. The fourth-order valence-corrected chi connectivity index (χ4v) is 2.03. The molecule has 0 atom stereocenters. The second-order valence-electron chi connectivity index (χ2n) is 4.97. The topological polar surface area (TPSA) is 55.1 Å².